The van der Waals surface area contributed by atoms with E-state index in [2.05, 4.69) is 10.3 Å². The third-order valence-electron chi connectivity index (χ3n) is 4.97. The zero-order valence-electron chi connectivity index (χ0n) is 14.3. The summed E-state index contributed by atoms with van der Waals surface area (Å²) >= 11 is 0. The lowest BCUT2D eigenvalue weighted by Crippen LogP contribution is -2.39. The fraction of sp³-hybridized carbons (Fsp3) is 0.389. The van der Waals surface area contributed by atoms with E-state index < -0.39 is 5.60 Å². The van der Waals surface area contributed by atoms with Gasteiger partial charge in [-0.3, -0.25) is 4.79 Å². The maximum absolute atomic E-state index is 12.9. The zero-order valence-corrected chi connectivity index (χ0v) is 14.3. The Kier molecular flexibility index (Phi) is 3.61. The molecule has 7 heteroatoms. The normalized spacial score (nSPS) is 20.5. The Labute approximate surface area is 144 Å². The summed E-state index contributed by atoms with van der Waals surface area (Å²) in [4.78, 5) is 14.6. The van der Waals surface area contributed by atoms with E-state index in [4.69, 9.17) is 4.42 Å². The molecule has 4 rings (SSSR count). The van der Waals surface area contributed by atoms with Crippen molar-refractivity contribution >= 4 is 16.9 Å². The molecule has 0 spiro atoms. The monoisotopic (exact) mass is 340 g/mol. The number of rotatable bonds is 3. The quantitative estimate of drug-likeness (QED) is 0.787. The van der Waals surface area contributed by atoms with Gasteiger partial charge in [-0.25, -0.2) is 4.68 Å². The van der Waals surface area contributed by atoms with E-state index in [1.165, 1.54) is 6.26 Å². The van der Waals surface area contributed by atoms with Gasteiger partial charge in [0.05, 0.1) is 24.8 Å². The second-order valence-corrected chi connectivity index (χ2v) is 6.88. The van der Waals surface area contributed by atoms with Crippen LogP contribution in [-0.2, 0) is 6.54 Å². The highest BCUT2D eigenvalue weighted by atomic mass is 16.3. The Balaban J connectivity index is 1.57. The van der Waals surface area contributed by atoms with E-state index >= 15 is 0 Å². The topological polar surface area (TPSA) is 84.4 Å². The molecule has 2 aromatic heterocycles. The van der Waals surface area contributed by atoms with Crippen LogP contribution in [0, 0.1) is 13.8 Å². The third-order valence-corrected chi connectivity index (χ3v) is 4.97. The van der Waals surface area contributed by atoms with Crippen molar-refractivity contribution in [2.24, 2.45) is 0 Å². The number of carbonyl (C=O) groups excluding carboxylic acids is 1. The number of nitrogens with zero attached hydrogens (tertiary/aromatic N) is 4. The van der Waals surface area contributed by atoms with Crippen LogP contribution in [0.1, 0.15) is 27.9 Å². The number of amides is 1. The van der Waals surface area contributed by atoms with Gasteiger partial charge in [-0.15, -0.1) is 5.10 Å². The van der Waals surface area contributed by atoms with E-state index in [1.54, 1.807) is 22.0 Å². The van der Waals surface area contributed by atoms with Crippen molar-refractivity contribution in [3.8, 4) is 0 Å². The molecule has 1 aliphatic heterocycles. The van der Waals surface area contributed by atoms with Crippen molar-refractivity contribution in [2.45, 2.75) is 32.4 Å². The zero-order chi connectivity index (χ0) is 17.6. The molecule has 25 heavy (non-hydrogen) atoms. The fourth-order valence-electron chi connectivity index (χ4n) is 3.40. The van der Waals surface area contributed by atoms with E-state index in [0.29, 0.717) is 30.7 Å². The van der Waals surface area contributed by atoms with Crippen molar-refractivity contribution in [1.29, 1.82) is 0 Å². The van der Waals surface area contributed by atoms with Crippen LogP contribution >= 0.6 is 0 Å². The van der Waals surface area contributed by atoms with Gasteiger partial charge in [-0.05, 0) is 43.5 Å². The number of hydrogen-bond donors (Lipinski definition) is 1. The van der Waals surface area contributed by atoms with E-state index in [1.807, 2.05) is 26.0 Å². The van der Waals surface area contributed by atoms with Gasteiger partial charge in [0.1, 0.15) is 17.4 Å². The van der Waals surface area contributed by atoms with Crippen LogP contribution in [0.15, 0.2) is 35.2 Å². The molecule has 1 aromatic carbocycles. The number of furan rings is 1. The van der Waals surface area contributed by atoms with Crippen LogP contribution in [0.2, 0.25) is 0 Å². The van der Waals surface area contributed by atoms with Crippen LogP contribution in [0.4, 0.5) is 0 Å². The minimum Gasteiger partial charge on any atom is -0.463 e. The predicted molar refractivity (Wildman–Crippen MR) is 91.2 cm³/mol. The van der Waals surface area contributed by atoms with Crippen LogP contribution in [0.25, 0.3) is 11.0 Å². The summed E-state index contributed by atoms with van der Waals surface area (Å²) in [7, 11) is 0. The lowest BCUT2D eigenvalue weighted by molar-refractivity contribution is 0.0267. The number of β-amino-alcohol motifs (C(OH)–C–C–N with tert-alkyl or cyclic N) is 1. The van der Waals surface area contributed by atoms with Gasteiger partial charge in [0, 0.05) is 18.1 Å². The fourth-order valence-corrected chi connectivity index (χ4v) is 3.40. The summed E-state index contributed by atoms with van der Waals surface area (Å²) in [5.74, 6) is -0.114. The molecule has 1 atom stereocenters. The Morgan fingerprint density at radius 3 is 2.92 bits per heavy atom. The largest absolute Gasteiger partial charge is 0.463 e. The number of carbonyl (C=O) groups is 1. The van der Waals surface area contributed by atoms with Crippen LogP contribution in [0.3, 0.4) is 0 Å². The van der Waals surface area contributed by atoms with Gasteiger partial charge < -0.3 is 14.4 Å². The molecule has 0 radical (unpaired) electrons. The summed E-state index contributed by atoms with van der Waals surface area (Å²) in [6.45, 7) is 5.12. The average Bonchev–Trinajstić information content (AvgIpc) is 3.29. The summed E-state index contributed by atoms with van der Waals surface area (Å²) in [6.07, 6.45) is 5.30. The van der Waals surface area contributed by atoms with Gasteiger partial charge in [-0.1, -0.05) is 5.21 Å². The lowest BCUT2D eigenvalue weighted by atomic mass is 10.0. The number of aliphatic hydroxyl groups is 1. The second-order valence-electron chi connectivity index (χ2n) is 6.88. The minimum absolute atomic E-state index is 0.114. The highest BCUT2D eigenvalue weighted by Crippen LogP contribution is 2.29. The van der Waals surface area contributed by atoms with Gasteiger partial charge in [0.25, 0.3) is 5.91 Å². The summed E-state index contributed by atoms with van der Waals surface area (Å²) in [6, 6.07) is 3.94. The lowest BCUT2D eigenvalue weighted by Gasteiger charge is -2.23. The Hall–Kier alpha value is -2.67. The van der Waals surface area contributed by atoms with Gasteiger partial charge >= 0.3 is 0 Å². The van der Waals surface area contributed by atoms with E-state index in [0.717, 1.165) is 16.5 Å². The van der Waals surface area contributed by atoms with Crippen molar-refractivity contribution < 1.29 is 14.3 Å². The molecule has 0 aliphatic carbocycles. The molecule has 130 valence electrons. The van der Waals surface area contributed by atoms with Gasteiger partial charge in [-0.2, -0.15) is 0 Å². The van der Waals surface area contributed by atoms with Crippen LogP contribution < -0.4 is 0 Å². The first-order valence-corrected chi connectivity index (χ1v) is 8.29. The maximum atomic E-state index is 12.9. The number of benzene rings is 1. The van der Waals surface area contributed by atoms with Crippen LogP contribution in [-0.4, -0.2) is 49.6 Å². The number of aromatic nitrogens is 3. The molecule has 1 amide bonds. The molecule has 1 saturated heterocycles. The Morgan fingerprint density at radius 2 is 2.16 bits per heavy atom. The summed E-state index contributed by atoms with van der Waals surface area (Å²) in [5, 5.41) is 19.2. The maximum Gasteiger partial charge on any atom is 0.257 e. The SMILES string of the molecule is Cc1cc2occ(C(=O)N3CCC(O)(Cn4ccnn4)C3)c2cc1C. The summed E-state index contributed by atoms with van der Waals surface area (Å²) in [5.41, 5.74) is 2.51. The molecule has 1 unspecified atom stereocenters. The Bertz CT molecular complexity index is 931. The molecular weight excluding hydrogens is 320 g/mol. The molecular formula is C18H20N4O3. The molecule has 1 fully saturated rings. The highest BCUT2D eigenvalue weighted by Gasteiger charge is 2.39. The average molecular weight is 340 g/mol. The smallest absolute Gasteiger partial charge is 0.257 e. The van der Waals surface area contributed by atoms with Crippen molar-refractivity contribution in [3.05, 3.63) is 47.5 Å². The predicted octanol–water partition coefficient (Wildman–Crippen LogP) is 1.92. The summed E-state index contributed by atoms with van der Waals surface area (Å²) < 4.78 is 7.16. The van der Waals surface area contributed by atoms with Gasteiger partial charge in [0.2, 0.25) is 0 Å². The number of hydrogen-bond acceptors (Lipinski definition) is 5. The molecule has 1 N–H and O–H groups in total. The first kappa shape index (κ1) is 15.8. The second kappa shape index (κ2) is 5.70. The highest BCUT2D eigenvalue weighted by molar-refractivity contribution is 6.06. The van der Waals surface area contributed by atoms with Crippen molar-refractivity contribution in [1.82, 2.24) is 19.9 Å². The molecule has 3 aromatic rings. The number of aryl methyl sites for hydroxylation is 2. The minimum atomic E-state index is -0.991. The van der Waals surface area contributed by atoms with E-state index in [-0.39, 0.29) is 12.5 Å². The molecule has 0 saturated carbocycles. The molecule has 0 bridgehead atoms. The Morgan fingerprint density at radius 1 is 1.36 bits per heavy atom. The van der Waals surface area contributed by atoms with Crippen molar-refractivity contribution in [3.63, 3.8) is 0 Å². The third kappa shape index (κ3) is 2.80. The van der Waals surface area contributed by atoms with E-state index in [9.17, 15) is 9.90 Å². The first-order valence-electron chi connectivity index (χ1n) is 8.29. The molecule has 7 nitrogen and oxygen atoms in total. The molecule has 3 heterocycles. The first-order chi connectivity index (χ1) is 12.0. The molecule has 1 aliphatic rings. The van der Waals surface area contributed by atoms with Gasteiger partial charge in [0.15, 0.2) is 0 Å². The number of fused-ring (bicyclic) bond motifs is 1. The standard InChI is InChI=1S/C18H20N4O3/c1-12-7-14-15(9-25-16(14)8-13(12)2)17(23)21-5-3-18(24,10-21)11-22-6-4-19-20-22/h4,6-9,24H,3,5,10-11H2,1-2H3. The number of likely N-dealkylation sites (tertiary alicyclic amines) is 1. The van der Waals surface area contributed by atoms with Crippen LogP contribution in [0.5, 0.6) is 0 Å². The van der Waals surface area contributed by atoms with Crippen molar-refractivity contribution in [2.75, 3.05) is 13.1 Å².